The van der Waals surface area contributed by atoms with Crippen LogP contribution in [-0.2, 0) is 0 Å². The third-order valence-electron chi connectivity index (χ3n) is 5.16. The van der Waals surface area contributed by atoms with E-state index >= 15 is 0 Å². The van der Waals surface area contributed by atoms with E-state index in [2.05, 4.69) is 36.3 Å². The molecule has 6 heteroatoms. The highest BCUT2D eigenvalue weighted by molar-refractivity contribution is 6.44. The molecule has 0 aliphatic heterocycles. The summed E-state index contributed by atoms with van der Waals surface area (Å²) >= 11 is 12.2. The molecular weight excluding hydrogens is 419 g/mol. The van der Waals surface area contributed by atoms with E-state index in [4.69, 9.17) is 27.6 Å². The Morgan fingerprint density at radius 3 is 2.70 bits per heavy atom. The Morgan fingerprint density at radius 2 is 1.90 bits per heavy atom. The van der Waals surface area contributed by atoms with Crippen molar-refractivity contribution in [2.75, 3.05) is 5.32 Å². The second-order valence-corrected chi connectivity index (χ2v) is 7.98. The average molecular weight is 439 g/mol. The van der Waals surface area contributed by atoms with E-state index in [-0.39, 0.29) is 10.9 Å². The Kier molecular flexibility index (Phi) is 5.80. The lowest BCUT2D eigenvalue weighted by molar-refractivity contribution is 0.102. The third-order valence-corrected chi connectivity index (χ3v) is 5.98. The third kappa shape index (κ3) is 4.07. The van der Waals surface area contributed by atoms with E-state index in [1.165, 1.54) is 5.56 Å². The van der Waals surface area contributed by atoms with Crippen LogP contribution in [0.15, 0.2) is 65.1 Å². The largest absolute Gasteiger partial charge is 0.436 e. The lowest BCUT2D eigenvalue weighted by Gasteiger charge is -2.08. The summed E-state index contributed by atoms with van der Waals surface area (Å²) in [5, 5.41) is 3.41. The molecule has 0 aliphatic carbocycles. The van der Waals surface area contributed by atoms with E-state index < -0.39 is 0 Å². The number of rotatable bonds is 5. The van der Waals surface area contributed by atoms with Crippen LogP contribution < -0.4 is 5.32 Å². The zero-order chi connectivity index (χ0) is 21.3. The second kappa shape index (κ2) is 8.50. The average Bonchev–Trinajstić information content (AvgIpc) is 3.18. The Labute approximate surface area is 184 Å². The van der Waals surface area contributed by atoms with Crippen LogP contribution in [-0.4, -0.2) is 10.9 Å². The fourth-order valence-corrected chi connectivity index (χ4v) is 3.60. The first-order chi connectivity index (χ1) is 14.5. The first-order valence-corrected chi connectivity index (χ1v) is 10.5. The van der Waals surface area contributed by atoms with Crippen molar-refractivity contribution in [1.29, 1.82) is 0 Å². The van der Waals surface area contributed by atoms with E-state index in [1.807, 2.05) is 24.3 Å². The SMILES string of the molecule is CC[C@H](C)c1ccc2oc(-c3cccc(NC(=O)c4cccc(Cl)c4Cl)c3)nc2c1. The number of anilines is 1. The fraction of sp³-hybridized carbons (Fsp3) is 0.167. The summed E-state index contributed by atoms with van der Waals surface area (Å²) < 4.78 is 5.94. The van der Waals surface area contributed by atoms with Crippen molar-refractivity contribution in [3.63, 3.8) is 0 Å². The number of amides is 1. The van der Waals surface area contributed by atoms with Crippen LogP contribution in [0.3, 0.4) is 0 Å². The molecular formula is C24H20Cl2N2O2. The summed E-state index contributed by atoms with van der Waals surface area (Å²) in [6.45, 7) is 4.36. The van der Waals surface area contributed by atoms with Gasteiger partial charge in [0, 0.05) is 11.3 Å². The standard InChI is InChI=1S/C24H20Cl2N2O2/c1-3-14(2)15-10-11-21-20(13-15)28-24(30-21)16-6-4-7-17(12-16)27-23(29)18-8-5-9-19(25)22(18)26/h4-14H,3H2,1-2H3,(H,27,29)/t14-/m0/s1. The zero-order valence-corrected chi connectivity index (χ0v) is 18.1. The molecule has 1 N–H and O–H groups in total. The lowest BCUT2D eigenvalue weighted by Crippen LogP contribution is -2.12. The van der Waals surface area contributed by atoms with E-state index in [1.54, 1.807) is 24.3 Å². The number of hydrogen-bond acceptors (Lipinski definition) is 3. The molecule has 4 rings (SSSR count). The van der Waals surface area contributed by atoms with Gasteiger partial charge >= 0.3 is 0 Å². The Balaban J connectivity index is 1.61. The number of carbonyl (C=O) groups excluding carboxylic acids is 1. The zero-order valence-electron chi connectivity index (χ0n) is 16.6. The molecule has 0 saturated carbocycles. The van der Waals surface area contributed by atoms with Gasteiger partial charge in [-0.05, 0) is 60.4 Å². The van der Waals surface area contributed by atoms with E-state index in [9.17, 15) is 4.79 Å². The van der Waals surface area contributed by atoms with Crippen molar-refractivity contribution in [2.45, 2.75) is 26.2 Å². The van der Waals surface area contributed by atoms with Crippen LogP contribution in [0.2, 0.25) is 10.0 Å². The number of nitrogens with zero attached hydrogens (tertiary/aromatic N) is 1. The first kappa shape index (κ1) is 20.5. The molecule has 0 radical (unpaired) electrons. The Bertz CT molecular complexity index is 1230. The topological polar surface area (TPSA) is 55.1 Å². The summed E-state index contributed by atoms with van der Waals surface area (Å²) in [6.07, 6.45) is 1.06. The molecule has 0 fully saturated rings. The summed E-state index contributed by atoms with van der Waals surface area (Å²) in [4.78, 5) is 17.3. The van der Waals surface area contributed by atoms with Gasteiger partial charge in [-0.2, -0.15) is 0 Å². The van der Waals surface area contributed by atoms with Crippen LogP contribution in [0.25, 0.3) is 22.6 Å². The van der Waals surface area contributed by atoms with Crippen LogP contribution in [0.5, 0.6) is 0 Å². The molecule has 0 spiro atoms. The van der Waals surface area contributed by atoms with Gasteiger partial charge in [0.2, 0.25) is 5.89 Å². The molecule has 1 amide bonds. The normalized spacial score (nSPS) is 12.1. The Hall–Kier alpha value is -2.82. The van der Waals surface area contributed by atoms with Crippen LogP contribution >= 0.6 is 23.2 Å². The van der Waals surface area contributed by atoms with Crippen molar-refractivity contribution < 1.29 is 9.21 Å². The molecule has 152 valence electrons. The van der Waals surface area contributed by atoms with Gasteiger partial charge in [0.15, 0.2) is 5.58 Å². The maximum Gasteiger partial charge on any atom is 0.257 e. The minimum atomic E-state index is -0.338. The highest BCUT2D eigenvalue weighted by Crippen LogP contribution is 2.30. The highest BCUT2D eigenvalue weighted by atomic mass is 35.5. The smallest absolute Gasteiger partial charge is 0.257 e. The molecule has 3 aromatic carbocycles. The summed E-state index contributed by atoms with van der Waals surface area (Å²) in [5.41, 5.74) is 4.49. The predicted molar refractivity (Wildman–Crippen MR) is 123 cm³/mol. The maximum atomic E-state index is 12.6. The molecule has 0 unspecified atom stereocenters. The van der Waals surface area contributed by atoms with Crippen molar-refractivity contribution in [1.82, 2.24) is 4.98 Å². The Morgan fingerprint density at radius 1 is 1.10 bits per heavy atom. The summed E-state index contributed by atoms with van der Waals surface area (Å²) in [5.74, 6) is 0.630. The number of oxazole rings is 1. The van der Waals surface area contributed by atoms with E-state index in [0.717, 1.165) is 23.1 Å². The molecule has 1 aromatic heterocycles. The number of halogens is 2. The number of nitrogens with one attached hydrogen (secondary N) is 1. The van der Waals surface area contributed by atoms with Gasteiger partial charge in [-0.3, -0.25) is 4.79 Å². The summed E-state index contributed by atoms with van der Waals surface area (Å²) in [6, 6.07) is 18.4. The van der Waals surface area contributed by atoms with Crippen LogP contribution in [0, 0.1) is 0 Å². The number of hydrogen-bond donors (Lipinski definition) is 1. The molecule has 4 nitrogen and oxygen atoms in total. The minimum Gasteiger partial charge on any atom is -0.436 e. The van der Waals surface area contributed by atoms with Gasteiger partial charge in [0.1, 0.15) is 5.52 Å². The molecule has 1 heterocycles. The lowest BCUT2D eigenvalue weighted by atomic mass is 9.98. The minimum absolute atomic E-state index is 0.226. The molecule has 1 atom stereocenters. The van der Waals surface area contributed by atoms with Gasteiger partial charge in [-0.25, -0.2) is 4.98 Å². The van der Waals surface area contributed by atoms with E-state index in [0.29, 0.717) is 28.1 Å². The van der Waals surface area contributed by atoms with Gasteiger partial charge in [-0.15, -0.1) is 0 Å². The molecule has 4 aromatic rings. The van der Waals surface area contributed by atoms with Gasteiger partial charge in [-0.1, -0.05) is 55.2 Å². The van der Waals surface area contributed by atoms with Gasteiger partial charge in [0.05, 0.1) is 15.6 Å². The van der Waals surface area contributed by atoms with Gasteiger partial charge in [0.25, 0.3) is 5.91 Å². The van der Waals surface area contributed by atoms with Crippen LogP contribution in [0.1, 0.15) is 42.1 Å². The number of aromatic nitrogens is 1. The number of carbonyl (C=O) groups is 1. The predicted octanol–water partition coefficient (Wildman–Crippen LogP) is 7.57. The first-order valence-electron chi connectivity index (χ1n) is 9.72. The monoisotopic (exact) mass is 438 g/mol. The van der Waals surface area contributed by atoms with Gasteiger partial charge < -0.3 is 9.73 Å². The highest BCUT2D eigenvalue weighted by Gasteiger charge is 2.15. The maximum absolute atomic E-state index is 12.6. The molecule has 30 heavy (non-hydrogen) atoms. The summed E-state index contributed by atoms with van der Waals surface area (Å²) in [7, 11) is 0. The molecule has 0 saturated heterocycles. The van der Waals surface area contributed by atoms with Crippen molar-refractivity contribution in [3.8, 4) is 11.5 Å². The van der Waals surface area contributed by atoms with Crippen molar-refractivity contribution in [3.05, 3.63) is 81.8 Å². The van der Waals surface area contributed by atoms with Crippen molar-refractivity contribution in [2.24, 2.45) is 0 Å². The molecule has 0 bridgehead atoms. The fourth-order valence-electron chi connectivity index (χ4n) is 3.22. The number of fused-ring (bicyclic) bond motifs is 1. The quantitative estimate of drug-likeness (QED) is 0.349. The number of benzene rings is 3. The van der Waals surface area contributed by atoms with Crippen LogP contribution in [0.4, 0.5) is 5.69 Å². The molecule has 0 aliphatic rings. The second-order valence-electron chi connectivity index (χ2n) is 7.19. The van der Waals surface area contributed by atoms with Crippen molar-refractivity contribution >= 4 is 45.9 Å².